The van der Waals surface area contributed by atoms with Crippen molar-refractivity contribution in [3.05, 3.63) is 93.1 Å². The van der Waals surface area contributed by atoms with Crippen LogP contribution < -0.4 is 10.6 Å². The zero-order valence-electron chi connectivity index (χ0n) is 20.1. The van der Waals surface area contributed by atoms with Gasteiger partial charge in [0.05, 0.1) is 11.4 Å². The van der Waals surface area contributed by atoms with E-state index in [1.54, 1.807) is 34.5 Å². The highest BCUT2D eigenvalue weighted by Gasteiger charge is 2.33. The number of nitrogens with zero attached hydrogens (tertiary/aromatic N) is 1. The fourth-order valence-electron chi connectivity index (χ4n) is 3.60. The Kier molecular flexibility index (Phi) is 9.07. The predicted molar refractivity (Wildman–Crippen MR) is 141 cm³/mol. The number of benzene rings is 2. The van der Waals surface area contributed by atoms with Gasteiger partial charge in [0.2, 0.25) is 11.8 Å². The molecule has 3 amide bonds. The molecule has 0 spiro atoms. The monoisotopic (exact) mass is 511 g/mol. The summed E-state index contributed by atoms with van der Waals surface area (Å²) >= 11 is 7.32. The van der Waals surface area contributed by atoms with Crippen molar-refractivity contribution in [3.63, 3.8) is 0 Å². The van der Waals surface area contributed by atoms with Gasteiger partial charge >= 0.3 is 0 Å². The summed E-state index contributed by atoms with van der Waals surface area (Å²) in [6, 6.07) is 19.2. The van der Waals surface area contributed by atoms with Crippen LogP contribution in [0.5, 0.6) is 0 Å². The number of hydrogen-bond acceptors (Lipinski definition) is 4. The Hall–Kier alpha value is -3.16. The largest absolute Gasteiger partial charge is 0.349 e. The third-order valence-corrected chi connectivity index (χ3v) is 6.31. The zero-order chi connectivity index (χ0) is 25.4. The average Bonchev–Trinajstić information content (AvgIpc) is 3.35. The molecule has 0 aliphatic carbocycles. The average molecular weight is 512 g/mol. The van der Waals surface area contributed by atoms with E-state index in [1.807, 2.05) is 63.2 Å². The molecule has 35 heavy (non-hydrogen) atoms. The van der Waals surface area contributed by atoms with E-state index < -0.39 is 11.6 Å². The predicted octanol–water partition coefficient (Wildman–Crippen LogP) is 4.86. The highest BCUT2D eigenvalue weighted by Crippen LogP contribution is 2.23. The second-order valence-electron chi connectivity index (χ2n) is 9.18. The Morgan fingerprint density at radius 1 is 0.971 bits per heavy atom. The second-order valence-corrected chi connectivity index (χ2v) is 10.6. The smallest absolute Gasteiger partial charge is 0.261 e. The molecule has 8 heteroatoms. The molecule has 0 radical (unpaired) electrons. The number of hydrogen-bond donors (Lipinski definition) is 2. The van der Waals surface area contributed by atoms with Crippen LogP contribution in [-0.4, -0.2) is 41.2 Å². The van der Waals surface area contributed by atoms with E-state index in [4.69, 9.17) is 11.6 Å². The van der Waals surface area contributed by atoms with Gasteiger partial charge in [-0.15, -0.1) is 11.3 Å². The van der Waals surface area contributed by atoms with Crippen LogP contribution in [0, 0.1) is 0 Å². The van der Waals surface area contributed by atoms with Gasteiger partial charge in [-0.25, -0.2) is 0 Å². The summed E-state index contributed by atoms with van der Waals surface area (Å²) in [7, 11) is 0. The van der Waals surface area contributed by atoms with E-state index in [0.717, 1.165) is 5.56 Å². The topological polar surface area (TPSA) is 78.5 Å². The summed E-state index contributed by atoms with van der Waals surface area (Å²) in [6.07, 6.45) is 0.522. The molecular weight excluding hydrogens is 482 g/mol. The Labute approximate surface area is 215 Å². The first-order valence-corrected chi connectivity index (χ1v) is 12.6. The maximum atomic E-state index is 13.5. The molecule has 0 fully saturated rings. The van der Waals surface area contributed by atoms with E-state index in [0.29, 0.717) is 21.9 Å². The Morgan fingerprint density at radius 2 is 1.66 bits per heavy atom. The third kappa shape index (κ3) is 7.94. The van der Waals surface area contributed by atoms with E-state index in [2.05, 4.69) is 10.6 Å². The molecule has 0 saturated heterocycles. The quantitative estimate of drug-likeness (QED) is 0.430. The number of halogens is 1. The van der Waals surface area contributed by atoms with Gasteiger partial charge in [0.15, 0.2) is 0 Å². The molecule has 0 unspecified atom stereocenters. The molecule has 3 aromatic rings. The minimum Gasteiger partial charge on any atom is -0.349 e. The van der Waals surface area contributed by atoms with Crippen molar-refractivity contribution in [2.24, 2.45) is 0 Å². The van der Waals surface area contributed by atoms with E-state index in [1.165, 1.54) is 11.3 Å². The van der Waals surface area contributed by atoms with Crippen LogP contribution in [0.4, 0.5) is 0 Å². The lowest BCUT2D eigenvalue weighted by Gasteiger charge is -2.34. The lowest BCUT2D eigenvalue weighted by molar-refractivity contribution is -0.140. The van der Waals surface area contributed by atoms with Crippen molar-refractivity contribution in [1.82, 2.24) is 15.5 Å². The summed E-state index contributed by atoms with van der Waals surface area (Å²) < 4.78 is 0. The molecule has 0 bridgehead atoms. The van der Waals surface area contributed by atoms with Crippen LogP contribution in [-0.2, 0) is 16.0 Å². The third-order valence-electron chi connectivity index (χ3n) is 5.19. The molecule has 1 aromatic heterocycles. The Morgan fingerprint density at radius 3 is 2.26 bits per heavy atom. The molecule has 2 aromatic carbocycles. The maximum Gasteiger partial charge on any atom is 0.261 e. The molecule has 184 valence electrons. The maximum absolute atomic E-state index is 13.5. The number of carbonyl (C=O) groups is 3. The SMILES string of the molecule is CC(C)(C)NC(=O)[C@@H](c1ccccc1)N(CCc1ccc(Cl)cc1)C(=O)CNC(=O)c1cccs1. The zero-order valence-corrected chi connectivity index (χ0v) is 21.7. The van der Waals surface area contributed by atoms with Crippen molar-refractivity contribution in [2.45, 2.75) is 38.8 Å². The summed E-state index contributed by atoms with van der Waals surface area (Å²) in [4.78, 5) is 41.5. The van der Waals surface area contributed by atoms with Crippen molar-refractivity contribution < 1.29 is 14.4 Å². The Balaban J connectivity index is 1.88. The van der Waals surface area contributed by atoms with Gasteiger partial charge in [-0.2, -0.15) is 0 Å². The first-order chi connectivity index (χ1) is 16.6. The van der Waals surface area contributed by atoms with Gasteiger partial charge in [-0.3, -0.25) is 14.4 Å². The van der Waals surface area contributed by atoms with Gasteiger partial charge in [0, 0.05) is 17.1 Å². The molecule has 0 aliphatic heterocycles. The molecular formula is C27H30ClN3O3S. The van der Waals surface area contributed by atoms with Crippen LogP contribution in [0.3, 0.4) is 0 Å². The van der Waals surface area contributed by atoms with Crippen molar-refractivity contribution in [3.8, 4) is 0 Å². The first kappa shape index (κ1) is 26.4. The molecule has 3 rings (SSSR count). The number of thiophene rings is 1. The number of amides is 3. The standard InChI is InChI=1S/C27H30ClN3O3S/c1-27(2,3)30-26(34)24(20-8-5-4-6-9-20)31(16-15-19-11-13-21(28)14-12-19)23(32)18-29-25(33)22-10-7-17-35-22/h4-14,17,24H,15-16,18H2,1-3H3,(H,29,33)(H,30,34)/t24-/m1/s1. The first-order valence-electron chi connectivity index (χ1n) is 11.4. The van der Waals surface area contributed by atoms with Crippen LogP contribution in [0.25, 0.3) is 0 Å². The van der Waals surface area contributed by atoms with Crippen LogP contribution in [0.1, 0.15) is 47.6 Å². The number of carbonyl (C=O) groups excluding carboxylic acids is 3. The van der Waals surface area contributed by atoms with Crippen LogP contribution >= 0.6 is 22.9 Å². The van der Waals surface area contributed by atoms with E-state index >= 15 is 0 Å². The molecule has 0 aliphatic rings. The normalized spacial score (nSPS) is 12.0. The van der Waals surface area contributed by atoms with Crippen molar-refractivity contribution in [1.29, 1.82) is 0 Å². The van der Waals surface area contributed by atoms with Crippen LogP contribution in [0.2, 0.25) is 5.02 Å². The van der Waals surface area contributed by atoms with Crippen molar-refractivity contribution >= 4 is 40.7 Å². The van der Waals surface area contributed by atoms with Gasteiger partial charge in [0.25, 0.3) is 5.91 Å². The van der Waals surface area contributed by atoms with Gasteiger partial charge in [-0.05, 0) is 61.9 Å². The minimum absolute atomic E-state index is 0.219. The number of rotatable bonds is 9. The summed E-state index contributed by atoms with van der Waals surface area (Å²) in [5.74, 6) is -0.944. The van der Waals surface area contributed by atoms with Gasteiger partial charge in [-0.1, -0.05) is 60.1 Å². The van der Waals surface area contributed by atoms with Gasteiger partial charge < -0.3 is 15.5 Å². The summed E-state index contributed by atoms with van der Waals surface area (Å²) in [5.41, 5.74) is 1.20. The lowest BCUT2D eigenvalue weighted by atomic mass is 10.0. The highest BCUT2D eigenvalue weighted by molar-refractivity contribution is 7.12. The number of nitrogens with one attached hydrogen (secondary N) is 2. The Bertz CT molecular complexity index is 1130. The van der Waals surface area contributed by atoms with E-state index in [-0.39, 0.29) is 30.8 Å². The molecule has 1 heterocycles. The summed E-state index contributed by atoms with van der Waals surface area (Å²) in [6.45, 7) is 5.76. The molecule has 0 saturated carbocycles. The van der Waals surface area contributed by atoms with Crippen molar-refractivity contribution in [2.75, 3.05) is 13.1 Å². The summed E-state index contributed by atoms with van der Waals surface area (Å²) in [5, 5.41) is 8.14. The molecule has 1 atom stereocenters. The van der Waals surface area contributed by atoms with E-state index in [9.17, 15) is 14.4 Å². The minimum atomic E-state index is -0.853. The lowest BCUT2D eigenvalue weighted by Crippen LogP contribution is -2.51. The fraction of sp³-hybridized carbons (Fsp3) is 0.296. The van der Waals surface area contributed by atoms with Gasteiger partial charge in [0.1, 0.15) is 6.04 Å². The fourth-order valence-corrected chi connectivity index (χ4v) is 4.36. The van der Waals surface area contributed by atoms with Crippen LogP contribution in [0.15, 0.2) is 72.1 Å². The molecule has 6 nitrogen and oxygen atoms in total. The molecule has 2 N–H and O–H groups in total. The second kappa shape index (κ2) is 12.0. The highest BCUT2D eigenvalue weighted by atomic mass is 35.5.